The van der Waals surface area contributed by atoms with Crippen molar-refractivity contribution < 1.29 is 9.53 Å². The quantitative estimate of drug-likeness (QED) is 0.477. The summed E-state index contributed by atoms with van der Waals surface area (Å²) in [5.74, 6) is -0.292. The molecule has 0 saturated heterocycles. The molecule has 0 amide bonds. The van der Waals surface area contributed by atoms with Gasteiger partial charge in [-0.3, -0.25) is 0 Å². The number of ether oxygens (including phenoxy) is 1. The molecule has 0 saturated carbocycles. The third-order valence-electron chi connectivity index (χ3n) is 4.25. The molecule has 0 unspecified atom stereocenters. The Labute approximate surface area is 140 Å². The normalized spacial score (nSPS) is 10.8. The van der Waals surface area contributed by atoms with Gasteiger partial charge in [-0.2, -0.15) is 0 Å². The van der Waals surface area contributed by atoms with E-state index in [0.29, 0.717) is 5.56 Å². The van der Waals surface area contributed by atoms with Gasteiger partial charge in [0.1, 0.15) is 6.61 Å². The minimum Gasteiger partial charge on any atom is -0.457 e. The molecule has 0 heterocycles. The summed E-state index contributed by atoms with van der Waals surface area (Å²) in [5.41, 5.74) is 1.62. The summed E-state index contributed by atoms with van der Waals surface area (Å²) < 4.78 is 5.59. The van der Waals surface area contributed by atoms with Crippen LogP contribution in [0, 0.1) is 0 Å². The molecule has 0 aliphatic carbocycles. The van der Waals surface area contributed by atoms with Gasteiger partial charge in [0.2, 0.25) is 0 Å². The van der Waals surface area contributed by atoms with E-state index in [9.17, 15) is 4.79 Å². The van der Waals surface area contributed by atoms with Gasteiger partial charge in [0.05, 0.1) is 5.56 Å². The lowest BCUT2D eigenvalue weighted by atomic mass is 10.0. The van der Waals surface area contributed by atoms with Gasteiger partial charge in [-0.1, -0.05) is 78.9 Å². The standard InChI is InChI=1S/C22H16O2/c23-22(21-14-6-10-17-8-2-4-13-20(17)21)24-15-18-11-5-9-16-7-1-3-12-19(16)18/h1-14H,15H2. The van der Waals surface area contributed by atoms with E-state index < -0.39 is 0 Å². The number of carbonyl (C=O) groups excluding carboxylic acids is 1. The molecule has 4 aromatic rings. The van der Waals surface area contributed by atoms with Crippen LogP contribution in [-0.4, -0.2) is 5.97 Å². The number of hydrogen-bond donors (Lipinski definition) is 0. The van der Waals surface area contributed by atoms with Crippen LogP contribution in [-0.2, 0) is 11.3 Å². The Balaban J connectivity index is 1.62. The zero-order valence-corrected chi connectivity index (χ0v) is 13.1. The lowest BCUT2D eigenvalue weighted by Crippen LogP contribution is -2.06. The maximum atomic E-state index is 12.5. The van der Waals surface area contributed by atoms with Crippen LogP contribution in [0.1, 0.15) is 15.9 Å². The van der Waals surface area contributed by atoms with Gasteiger partial charge in [0.25, 0.3) is 0 Å². The number of esters is 1. The molecule has 0 aliphatic heterocycles. The lowest BCUT2D eigenvalue weighted by molar-refractivity contribution is 0.0477. The molecule has 4 aromatic carbocycles. The molecular formula is C22H16O2. The van der Waals surface area contributed by atoms with E-state index in [1.54, 1.807) is 0 Å². The van der Waals surface area contributed by atoms with Crippen LogP contribution in [0.2, 0.25) is 0 Å². The highest BCUT2D eigenvalue weighted by Crippen LogP contribution is 2.22. The fourth-order valence-electron chi connectivity index (χ4n) is 3.04. The molecule has 0 spiro atoms. The Hall–Kier alpha value is -3.13. The first-order valence-electron chi connectivity index (χ1n) is 7.94. The second-order valence-corrected chi connectivity index (χ2v) is 5.74. The Morgan fingerprint density at radius 2 is 1.25 bits per heavy atom. The molecule has 0 bridgehead atoms. The highest BCUT2D eigenvalue weighted by Gasteiger charge is 2.12. The molecule has 0 atom stereocenters. The van der Waals surface area contributed by atoms with E-state index in [1.807, 2.05) is 66.7 Å². The predicted octanol–water partition coefficient (Wildman–Crippen LogP) is 5.35. The summed E-state index contributed by atoms with van der Waals surface area (Å²) in [6.07, 6.45) is 0. The first-order valence-corrected chi connectivity index (χ1v) is 7.94. The number of rotatable bonds is 3. The van der Waals surface area contributed by atoms with E-state index in [1.165, 1.54) is 0 Å². The highest BCUT2D eigenvalue weighted by molar-refractivity contribution is 6.04. The lowest BCUT2D eigenvalue weighted by Gasteiger charge is -2.09. The summed E-state index contributed by atoms with van der Waals surface area (Å²) in [7, 11) is 0. The van der Waals surface area contributed by atoms with Crippen LogP contribution in [0.4, 0.5) is 0 Å². The fraction of sp³-hybridized carbons (Fsp3) is 0.0455. The van der Waals surface area contributed by atoms with Crippen LogP contribution in [0.3, 0.4) is 0 Å². The summed E-state index contributed by atoms with van der Waals surface area (Å²) in [4.78, 5) is 12.5. The van der Waals surface area contributed by atoms with Gasteiger partial charge in [-0.15, -0.1) is 0 Å². The van der Waals surface area contributed by atoms with Crippen molar-refractivity contribution >= 4 is 27.5 Å². The Kier molecular flexibility index (Phi) is 3.72. The molecule has 24 heavy (non-hydrogen) atoms. The first kappa shape index (κ1) is 14.5. The minimum absolute atomic E-state index is 0.267. The number of hydrogen-bond acceptors (Lipinski definition) is 2. The van der Waals surface area contributed by atoms with Crippen molar-refractivity contribution in [1.82, 2.24) is 0 Å². The van der Waals surface area contributed by atoms with Gasteiger partial charge in [0.15, 0.2) is 0 Å². The van der Waals surface area contributed by atoms with Crippen LogP contribution in [0.5, 0.6) is 0 Å². The van der Waals surface area contributed by atoms with E-state index in [2.05, 4.69) is 18.2 Å². The summed E-state index contributed by atoms with van der Waals surface area (Å²) in [5, 5.41) is 4.22. The molecule has 2 heteroatoms. The zero-order chi connectivity index (χ0) is 16.4. The molecule has 4 rings (SSSR count). The Morgan fingerprint density at radius 1 is 0.667 bits per heavy atom. The molecule has 0 aromatic heterocycles. The van der Waals surface area contributed by atoms with Gasteiger partial charge < -0.3 is 4.74 Å². The van der Waals surface area contributed by atoms with E-state index in [-0.39, 0.29) is 12.6 Å². The van der Waals surface area contributed by atoms with Crippen molar-refractivity contribution in [1.29, 1.82) is 0 Å². The van der Waals surface area contributed by atoms with E-state index in [0.717, 1.165) is 27.1 Å². The number of benzene rings is 4. The van der Waals surface area contributed by atoms with Gasteiger partial charge >= 0.3 is 5.97 Å². The number of fused-ring (bicyclic) bond motifs is 2. The Bertz CT molecular complexity index is 1020. The molecule has 116 valence electrons. The minimum atomic E-state index is -0.292. The largest absolute Gasteiger partial charge is 0.457 e. The monoisotopic (exact) mass is 312 g/mol. The van der Waals surface area contributed by atoms with E-state index >= 15 is 0 Å². The highest BCUT2D eigenvalue weighted by atomic mass is 16.5. The third-order valence-corrected chi connectivity index (χ3v) is 4.25. The predicted molar refractivity (Wildman–Crippen MR) is 97.0 cm³/mol. The third kappa shape index (κ3) is 2.63. The summed E-state index contributed by atoms with van der Waals surface area (Å²) >= 11 is 0. The van der Waals surface area contributed by atoms with Crippen molar-refractivity contribution in [3.05, 3.63) is 96.1 Å². The number of carbonyl (C=O) groups is 1. The van der Waals surface area contributed by atoms with Crippen LogP contribution in [0.25, 0.3) is 21.5 Å². The molecule has 0 fully saturated rings. The van der Waals surface area contributed by atoms with Gasteiger partial charge in [0, 0.05) is 0 Å². The summed E-state index contributed by atoms with van der Waals surface area (Å²) in [6, 6.07) is 27.7. The van der Waals surface area contributed by atoms with E-state index in [4.69, 9.17) is 4.74 Å². The zero-order valence-electron chi connectivity index (χ0n) is 13.1. The van der Waals surface area contributed by atoms with Crippen molar-refractivity contribution in [2.24, 2.45) is 0 Å². The molecule has 0 N–H and O–H groups in total. The molecule has 0 radical (unpaired) electrons. The average Bonchev–Trinajstić information content (AvgIpc) is 2.65. The topological polar surface area (TPSA) is 26.3 Å². The van der Waals surface area contributed by atoms with Gasteiger partial charge in [-0.25, -0.2) is 4.79 Å². The summed E-state index contributed by atoms with van der Waals surface area (Å²) in [6.45, 7) is 0.267. The van der Waals surface area contributed by atoms with Crippen molar-refractivity contribution in [3.63, 3.8) is 0 Å². The molecule has 2 nitrogen and oxygen atoms in total. The maximum absolute atomic E-state index is 12.5. The van der Waals surface area contributed by atoms with Crippen molar-refractivity contribution in [2.45, 2.75) is 6.61 Å². The average molecular weight is 312 g/mol. The second kappa shape index (κ2) is 6.17. The smallest absolute Gasteiger partial charge is 0.339 e. The van der Waals surface area contributed by atoms with Crippen LogP contribution in [0.15, 0.2) is 84.9 Å². The van der Waals surface area contributed by atoms with Crippen molar-refractivity contribution in [3.8, 4) is 0 Å². The van der Waals surface area contributed by atoms with Crippen LogP contribution < -0.4 is 0 Å². The second-order valence-electron chi connectivity index (χ2n) is 5.74. The fourth-order valence-corrected chi connectivity index (χ4v) is 3.04. The van der Waals surface area contributed by atoms with Crippen molar-refractivity contribution in [2.75, 3.05) is 0 Å². The maximum Gasteiger partial charge on any atom is 0.339 e. The Morgan fingerprint density at radius 3 is 2.04 bits per heavy atom. The molecular weight excluding hydrogens is 296 g/mol. The van der Waals surface area contributed by atoms with Gasteiger partial charge in [-0.05, 0) is 33.2 Å². The van der Waals surface area contributed by atoms with Crippen LogP contribution >= 0.6 is 0 Å². The SMILES string of the molecule is O=C(OCc1cccc2ccccc12)c1cccc2ccccc12. The molecule has 0 aliphatic rings. The first-order chi connectivity index (χ1) is 11.8.